The Balaban J connectivity index is 1.61. The van der Waals surface area contributed by atoms with Gasteiger partial charge in [0.25, 0.3) is 0 Å². The number of nitrogens with zero attached hydrogens (tertiary/aromatic N) is 1. The predicted octanol–water partition coefficient (Wildman–Crippen LogP) is 1.73. The zero-order valence-electron chi connectivity index (χ0n) is 12.2. The third kappa shape index (κ3) is 2.28. The van der Waals surface area contributed by atoms with Gasteiger partial charge in [-0.3, -0.25) is 4.90 Å². The molecule has 21 heavy (non-hydrogen) atoms. The Morgan fingerprint density at radius 2 is 2.33 bits per heavy atom. The Morgan fingerprint density at radius 1 is 1.43 bits per heavy atom. The van der Waals surface area contributed by atoms with Gasteiger partial charge in [0.1, 0.15) is 6.61 Å². The largest absolute Gasteiger partial charge is 0.457 e. The maximum atomic E-state index is 11.7. The quantitative estimate of drug-likeness (QED) is 0.800. The van der Waals surface area contributed by atoms with Crippen LogP contribution in [0.4, 0.5) is 0 Å². The van der Waals surface area contributed by atoms with Gasteiger partial charge in [0.05, 0.1) is 5.56 Å². The average molecular weight is 304 g/mol. The number of nitrogens with one attached hydrogen (secondary N) is 1. The molecule has 3 heterocycles. The van der Waals surface area contributed by atoms with Crippen molar-refractivity contribution < 1.29 is 9.53 Å². The van der Waals surface area contributed by atoms with E-state index in [1.54, 1.807) is 0 Å². The lowest BCUT2D eigenvalue weighted by molar-refractivity contribution is 0.0535. The first-order valence-corrected chi connectivity index (χ1v) is 8.65. The number of fused-ring (bicyclic) bond motifs is 2. The van der Waals surface area contributed by atoms with Crippen LogP contribution in [0.2, 0.25) is 0 Å². The molecule has 3 aliphatic heterocycles. The monoisotopic (exact) mass is 304 g/mol. The molecule has 0 aliphatic carbocycles. The number of hydrogen-bond donors (Lipinski definition) is 1. The zero-order valence-corrected chi connectivity index (χ0v) is 13.0. The number of rotatable bonds is 1. The van der Waals surface area contributed by atoms with E-state index >= 15 is 0 Å². The molecule has 0 unspecified atom stereocenters. The summed E-state index contributed by atoms with van der Waals surface area (Å²) in [6.45, 7) is 7.06. The second-order valence-corrected chi connectivity index (χ2v) is 7.29. The summed E-state index contributed by atoms with van der Waals surface area (Å²) in [5.41, 5.74) is 4.50. The van der Waals surface area contributed by atoms with E-state index in [4.69, 9.17) is 4.74 Å². The van der Waals surface area contributed by atoms with Gasteiger partial charge >= 0.3 is 5.97 Å². The molecule has 0 amide bonds. The van der Waals surface area contributed by atoms with Gasteiger partial charge in [0.2, 0.25) is 0 Å². The maximum Gasteiger partial charge on any atom is 0.338 e. The molecule has 1 aromatic rings. The van der Waals surface area contributed by atoms with Crippen LogP contribution in [0.25, 0.3) is 0 Å². The molecule has 0 saturated carbocycles. The summed E-state index contributed by atoms with van der Waals surface area (Å²) in [5, 5.41) is 3.99. The van der Waals surface area contributed by atoms with Crippen molar-refractivity contribution in [3.63, 3.8) is 0 Å². The van der Waals surface area contributed by atoms with Gasteiger partial charge in [-0.2, -0.15) is 11.8 Å². The van der Waals surface area contributed by atoms with Crippen LogP contribution < -0.4 is 5.32 Å². The van der Waals surface area contributed by atoms with E-state index in [1.807, 2.05) is 6.07 Å². The van der Waals surface area contributed by atoms with Crippen molar-refractivity contribution >= 4 is 17.7 Å². The fourth-order valence-corrected chi connectivity index (χ4v) is 5.12. The third-order valence-electron chi connectivity index (χ3n) is 4.92. The van der Waals surface area contributed by atoms with E-state index in [1.165, 1.54) is 16.9 Å². The smallest absolute Gasteiger partial charge is 0.338 e. The summed E-state index contributed by atoms with van der Waals surface area (Å²) in [6, 6.07) is 4.78. The first kappa shape index (κ1) is 13.6. The molecule has 112 valence electrons. The molecular weight excluding hydrogens is 284 g/mol. The molecule has 2 saturated heterocycles. The molecule has 0 radical (unpaired) electrons. The van der Waals surface area contributed by atoms with E-state index in [0.29, 0.717) is 17.9 Å². The minimum absolute atomic E-state index is 0.168. The second-order valence-electron chi connectivity index (χ2n) is 6.06. The fourth-order valence-electron chi connectivity index (χ4n) is 3.61. The summed E-state index contributed by atoms with van der Waals surface area (Å²) in [7, 11) is 0. The van der Waals surface area contributed by atoms with E-state index in [9.17, 15) is 4.79 Å². The normalized spacial score (nSPS) is 28.9. The number of piperazine rings is 1. The zero-order chi connectivity index (χ0) is 14.4. The van der Waals surface area contributed by atoms with Crippen LogP contribution in [-0.2, 0) is 11.3 Å². The number of carbonyl (C=O) groups is 1. The van der Waals surface area contributed by atoms with E-state index in [0.717, 1.165) is 37.3 Å². The van der Waals surface area contributed by atoms with Gasteiger partial charge in [-0.25, -0.2) is 4.79 Å². The SMILES string of the molecule is Cc1c([C@H]2CN3CCNC[C@H]3CS2)ccc2c1COC2=O. The molecule has 2 atom stereocenters. The number of thioether (sulfide) groups is 1. The number of carbonyl (C=O) groups excluding carboxylic acids is 1. The van der Waals surface area contributed by atoms with Crippen molar-refractivity contribution in [2.75, 3.05) is 31.9 Å². The van der Waals surface area contributed by atoms with E-state index in [2.05, 4.69) is 35.0 Å². The molecule has 5 heteroatoms. The number of hydrogen-bond acceptors (Lipinski definition) is 5. The van der Waals surface area contributed by atoms with Crippen molar-refractivity contribution in [1.29, 1.82) is 0 Å². The number of cyclic esters (lactones) is 1. The van der Waals surface area contributed by atoms with E-state index in [-0.39, 0.29) is 5.97 Å². The molecule has 0 bridgehead atoms. The standard InChI is InChI=1S/C16H20N2O2S/c1-10-12(2-3-13-14(10)8-20-16(13)19)15-7-18-5-4-17-6-11(18)9-21-15/h2-3,11,15,17H,4-9H2,1H3/t11-,15+/m0/s1. The molecular formula is C16H20N2O2S. The average Bonchev–Trinajstić information content (AvgIpc) is 2.90. The Bertz CT molecular complexity index is 590. The highest BCUT2D eigenvalue weighted by atomic mass is 32.2. The van der Waals surface area contributed by atoms with Crippen LogP contribution in [0.3, 0.4) is 0 Å². The molecule has 0 aromatic heterocycles. The lowest BCUT2D eigenvalue weighted by atomic mass is 9.96. The highest BCUT2D eigenvalue weighted by molar-refractivity contribution is 7.99. The van der Waals surface area contributed by atoms with Gasteiger partial charge < -0.3 is 10.1 Å². The van der Waals surface area contributed by atoms with Crippen molar-refractivity contribution in [3.05, 3.63) is 34.4 Å². The maximum absolute atomic E-state index is 11.7. The highest BCUT2D eigenvalue weighted by Crippen LogP contribution is 2.39. The van der Waals surface area contributed by atoms with Crippen LogP contribution in [0, 0.1) is 6.92 Å². The summed E-state index contributed by atoms with van der Waals surface area (Å²) in [6.07, 6.45) is 0. The molecule has 4 nitrogen and oxygen atoms in total. The van der Waals surface area contributed by atoms with Crippen LogP contribution in [-0.4, -0.2) is 48.8 Å². The lowest BCUT2D eigenvalue weighted by Crippen LogP contribution is -2.55. The van der Waals surface area contributed by atoms with Crippen LogP contribution in [0.1, 0.15) is 32.3 Å². The molecule has 0 spiro atoms. The number of esters is 1. The van der Waals surface area contributed by atoms with Crippen molar-refractivity contribution in [2.24, 2.45) is 0 Å². The Kier molecular flexibility index (Phi) is 3.44. The van der Waals surface area contributed by atoms with Crippen LogP contribution in [0.15, 0.2) is 12.1 Å². The summed E-state index contributed by atoms with van der Waals surface area (Å²) < 4.78 is 5.17. The highest BCUT2D eigenvalue weighted by Gasteiger charge is 2.33. The van der Waals surface area contributed by atoms with Crippen LogP contribution in [0.5, 0.6) is 0 Å². The van der Waals surface area contributed by atoms with E-state index < -0.39 is 0 Å². The Labute approximate surface area is 129 Å². The minimum atomic E-state index is -0.168. The molecule has 1 aromatic carbocycles. The molecule has 3 aliphatic rings. The fraction of sp³-hybridized carbons (Fsp3) is 0.562. The summed E-state index contributed by atoms with van der Waals surface area (Å²) >= 11 is 2.06. The van der Waals surface area contributed by atoms with Gasteiger partial charge in [0.15, 0.2) is 0 Å². The molecule has 1 N–H and O–H groups in total. The van der Waals surface area contributed by atoms with Crippen molar-refractivity contribution in [3.8, 4) is 0 Å². The van der Waals surface area contributed by atoms with Crippen molar-refractivity contribution in [2.45, 2.75) is 24.8 Å². The minimum Gasteiger partial charge on any atom is -0.457 e. The number of benzene rings is 1. The van der Waals surface area contributed by atoms with Crippen molar-refractivity contribution in [1.82, 2.24) is 10.2 Å². The molecule has 2 fully saturated rings. The topological polar surface area (TPSA) is 41.6 Å². The molecule has 4 rings (SSSR count). The van der Waals surface area contributed by atoms with Crippen LogP contribution >= 0.6 is 11.8 Å². The van der Waals surface area contributed by atoms with Gasteiger partial charge in [0, 0.05) is 48.8 Å². The van der Waals surface area contributed by atoms with Gasteiger partial charge in [-0.05, 0) is 24.1 Å². The summed E-state index contributed by atoms with van der Waals surface area (Å²) in [4.78, 5) is 14.3. The third-order valence-corrected chi connectivity index (χ3v) is 6.30. The predicted molar refractivity (Wildman–Crippen MR) is 83.7 cm³/mol. The first-order chi connectivity index (χ1) is 10.2. The van der Waals surface area contributed by atoms with Gasteiger partial charge in [-0.15, -0.1) is 0 Å². The first-order valence-electron chi connectivity index (χ1n) is 7.60. The Morgan fingerprint density at radius 3 is 3.24 bits per heavy atom. The Hall–Kier alpha value is -1.04. The second kappa shape index (κ2) is 5.30. The lowest BCUT2D eigenvalue weighted by Gasteiger charge is -2.42. The number of ether oxygens (including phenoxy) is 1. The summed E-state index contributed by atoms with van der Waals surface area (Å²) in [5.74, 6) is 1.02. The van der Waals surface area contributed by atoms with Gasteiger partial charge in [-0.1, -0.05) is 6.07 Å².